The van der Waals surface area contributed by atoms with Crippen molar-refractivity contribution in [3.8, 4) is 11.1 Å². The Balaban J connectivity index is 1.62. The average molecular weight is 344 g/mol. The number of hydrogen-bond donors (Lipinski definition) is 1. The Kier molecular flexibility index (Phi) is 5.44. The molecule has 0 aliphatic carbocycles. The van der Waals surface area contributed by atoms with Crippen LogP contribution in [0.25, 0.3) is 11.1 Å². The molecule has 4 nitrogen and oxygen atoms in total. The lowest BCUT2D eigenvalue weighted by atomic mass is 10.0. The molecule has 0 aliphatic rings. The first-order valence-corrected chi connectivity index (χ1v) is 8.39. The van der Waals surface area contributed by atoms with Crippen molar-refractivity contribution in [1.82, 2.24) is 4.90 Å². The number of amides is 2. The van der Waals surface area contributed by atoms with Crippen LogP contribution in [0.15, 0.2) is 84.9 Å². The second-order valence-electron chi connectivity index (χ2n) is 6.02. The van der Waals surface area contributed by atoms with Crippen LogP contribution in [0.4, 0.5) is 5.69 Å². The van der Waals surface area contributed by atoms with E-state index in [2.05, 4.69) is 5.32 Å². The molecule has 1 N–H and O–H groups in total. The third-order valence-electron chi connectivity index (χ3n) is 4.02. The Labute approximate surface area is 153 Å². The van der Waals surface area contributed by atoms with Gasteiger partial charge < -0.3 is 10.2 Å². The highest BCUT2D eigenvalue weighted by Crippen LogP contribution is 2.19. The van der Waals surface area contributed by atoms with Crippen molar-refractivity contribution in [3.63, 3.8) is 0 Å². The van der Waals surface area contributed by atoms with Crippen molar-refractivity contribution in [2.45, 2.75) is 0 Å². The van der Waals surface area contributed by atoms with Gasteiger partial charge in [0.2, 0.25) is 5.91 Å². The monoisotopic (exact) mass is 344 g/mol. The van der Waals surface area contributed by atoms with Crippen LogP contribution in [-0.4, -0.2) is 30.3 Å². The fourth-order valence-corrected chi connectivity index (χ4v) is 2.67. The first-order chi connectivity index (χ1) is 12.6. The molecule has 0 bridgehead atoms. The lowest BCUT2D eigenvalue weighted by Gasteiger charge is -2.17. The van der Waals surface area contributed by atoms with E-state index in [0.29, 0.717) is 11.3 Å². The molecule has 0 saturated heterocycles. The molecule has 3 rings (SSSR count). The van der Waals surface area contributed by atoms with Crippen LogP contribution in [0.5, 0.6) is 0 Å². The molecule has 26 heavy (non-hydrogen) atoms. The summed E-state index contributed by atoms with van der Waals surface area (Å²) in [6.07, 6.45) is 0. The van der Waals surface area contributed by atoms with Gasteiger partial charge in [-0.15, -0.1) is 0 Å². The number of hydrogen-bond acceptors (Lipinski definition) is 2. The Morgan fingerprint density at radius 2 is 1.31 bits per heavy atom. The number of carbonyl (C=O) groups excluding carboxylic acids is 2. The molecule has 0 aliphatic heterocycles. The lowest BCUT2D eigenvalue weighted by molar-refractivity contribution is -0.116. The third-order valence-corrected chi connectivity index (χ3v) is 4.02. The quantitative estimate of drug-likeness (QED) is 0.759. The molecule has 3 aromatic rings. The molecular formula is C22H20N2O2. The van der Waals surface area contributed by atoms with Gasteiger partial charge in [-0.3, -0.25) is 9.59 Å². The van der Waals surface area contributed by atoms with Crippen LogP contribution >= 0.6 is 0 Å². The highest BCUT2D eigenvalue weighted by atomic mass is 16.2. The maximum absolute atomic E-state index is 12.5. The maximum Gasteiger partial charge on any atom is 0.254 e. The molecule has 2 amide bonds. The van der Waals surface area contributed by atoms with Crippen LogP contribution in [0.3, 0.4) is 0 Å². The molecular weight excluding hydrogens is 324 g/mol. The normalized spacial score (nSPS) is 10.2. The Bertz CT molecular complexity index is 875. The first-order valence-electron chi connectivity index (χ1n) is 8.39. The summed E-state index contributed by atoms with van der Waals surface area (Å²) in [7, 11) is 1.62. The van der Waals surface area contributed by atoms with Crippen molar-refractivity contribution in [2.24, 2.45) is 0 Å². The second kappa shape index (κ2) is 8.12. The zero-order valence-corrected chi connectivity index (χ0v) is 14.6. The van der Waals surface area contributed by atoms with E-state index in [4.69, 9.17) is 0 Å². The van der Waals surface area contributed by atoms with Crippen LogP contribution in [-0.2, 0) is 4.79 Å². The molecule has 0 saturated carbocycles. The number of carbonyl (C=O) groups is 2. The fraction of sp³-hybridized carbons (Fsp3) is 0.0909. The van der Waals surface area contributed by atoms with E-state index in [1.54, 1.807) is 19.2 Å². The van der Waals surface area contributed by atoms with Crippen LogP contribution in [0.2, 0.25) is 0 Å². The van der Waals surface area contributed by atoms with Gasteiger partial charge in [0.15, 0.2) is 0 Å². The molecule has 0 spiro atoms. The number of likely N-dealkylation sites (N-methyl/N-ethyl adjacent to an activating group) is 1. The molecule has 0 aromatic heterocycles. The van der Waals surface area contributed by atoms with Gasteiger partial charge in [-0.2, -0.15) is 0 Å². The van der Waals surface area contributed by atoms with E-state index in [1.165, 1.54) is 4.90 Å². The summed E-state index contributed by atoms with van der Waals surface area (Å²) in [4.78, 5) is 26.0. The first kappa shape index (κ1) is 17.4. The molecule has 0 heterocycles. The molecule has 0 fully saturated rings. The van der Waals surface area contributed by atoms with Gasteiger partial charge in [0.1, 0.15) is 0 Å². The van der Waals surface area contributed by atoms with Crippen molar-refractivity contribution in [3.05, 3.63) is 90.5 Å². The maximum atomic E-state index is 12.5. The molecule has 0 radical (unpaired) electrons. The van der Waals surface area contributed by atoms with Gasteiger partial charge >= 0.3 is 0 Å². The van der Waals surface area contributed by atoms with E-state index in [9.17, 15) is 9.59 Å². The van der Waals surface area contributed by atoms with E-state index < -0.39 is 0 Å². The molecule has 3 aromatic carbocycles. The topological polar surface area (TPSA) is 49.4 Å². The third kappa shape index (κ3) is 4.36. The Morgan fingerprint density at radius 3 is 1.92 bits per heavy atom. The minimum Gasteiger partial charge on any atom is -0.332 e. The number of rotatable bonds is 5. The summed E-state index contributed by atoms with van der Waals surface area (Å²) in [5.74, 6) is -0.416. The highest BCUT2D eigenvalue weighted by Gasteiger charge is 2.15. The number of nitrogens with one attached hydrogen (secondary N) is 1. The molecule has 4 heteroatoms. The largest absolute Gasteiger partial charge is 0.332 e. The summed E-state index contributed by atoms with van der Waals surface area (Å²) in [6, 6.07) is 26.6. The van der Waals surface area contributed by atoms with Crippen molar-refractivity contribution in [1.29, 1.82) is 0 Å². The van der Waals surface area contributed by atoms with Gasteiger partial charge in [-0.05, 0) is 35.4 Å². The van der Waals surface area contributed by atoms with Crippen LogP contribution in [0, 0.1) is 0 Å². The van der Waals surface area contributed by atoms with Gasteiger partial charge in [0.05, 0.1) is 6.54 Å². The predicted molar refractivity (Wildman–Crippen MR) is 104 cm³/mol. The smallest absolute Gasteiger partial charge is 0.254 e. The summed E-state index contributed by atoms with van der Waals surface area (Å²) in [5.41, 5.74) is 3.42. The zero-order chi connectivity index (χ0) is 18.4. The zero-order valence-electron chi connectivity index (χ0n) is 14.6. The Morgan fingerprint density at radius 1 is 0.769 bits per heavy atom. The Hall–Kier alpha value is -3.40. The summed E-state index contributed by atoms with van der Waals surface area (Å²) < 4.78 is 0. The van der Waals surface area contributed by atoms with Crippen LogP contribution in [0.1, 0.15) is 10.4 Å². The van der Waals surface area contributed by atoms with Crippen molar-refractivity contribution in [2.75, 3.05) is 18.9 Å². The van der Waals surface area contributed by atoms with E-state index in [1.807, 2.05) is 72.8 Å². The highest BCUT2D eigenvalue weighted by molar-refractivity contribution is 5.99. The van der Waals surface area contributed by atoms with Crippen molar-refractivity contribution >= 4 is 17.5 Å². The van der Waals surface area contributed by atoms with Gasteiger partial charge in [0.25, 0.3) is 5.91 Å². The summed E-state index contributed by atoms with van der Waals surface area (Å²) in [6.45, 7) is -0.00579. The van der Waals surface area contributed by atoms with E-state index >= 15 is 0 Å². The number of anilines is 1. The number of para-hydroxylation sites is 1. The van der Waals surface area contributed by atoms with Gasteiger partial charge in [-0.25, -0.2) is 0 Å². The predicted octanol–water partition coefficient (Wildman–Crippen LogP) is 4.06. The summed E-state index contributed by atoms with van der Waals surface area (Å²) in [5, 5.41) is 2.78. The number of nitrogens with zero attached hydrogens (tertiary/aromatic N) is 1. The number of benzene rings is 3. The second-order valence-corrected chi connectivity index (χ2v) is 6.02. The lowest BCUT2D eigenvalue weighted by Crippen LogP contribution is -2.34. The SMILES string of the molecule is CN(CC(=O)Nc1ccccc1)C(=O)c1ccc(-c2ccccc2)cc1. The van der Waals surface area contributed by atoms with Gasteiger partial charge in [0, 0.05) is 18.3 Å². The molecule has 0 atom stereocenters. The van der Waals surface area contributed by atoms with Crippen molar-refractivity contribution < 1.29 is 9.59 Å². The van der Waals surface area contributed by atoms with Gasteiger partial charge in [-0.1, -0.05) is 60.7 Å². The minimum absolute atomic E-state index is 0.00579. The minimum atomic E-state index is -0.229. The average Bonchev–Trinajstić information content (AvgIpc) is 2.69. The van der Waals surface area contributed by atoms with E-state index in [0.717, 1.165) is 11.1 Å². The molecule has 0 unspecified atom stereocenters. The van der Waals surface area contributed by atoms with Crippen LogP contribution < -0.4 is 5.32 Å². The van der Waals surface area contributed by atoms with E-state index in [-0.39, 0.29) is 18.4 Å². The fourth-order valence-electron chi connectivity index (χ4n) is 2.67. The summed E-state index contributed by atoms with van der Waals surface area (Å²) >= 11 is 0. The molecule has 130 valence electrons. The standard InChI is InChI=1S/C22H20N2O2/c1-24(16-21(25)23-20-10-6-3-7-11-20)22(26)19-14-12-18(13-15-19)17-8-4-2-5-9-17/h2-15H,16H2,1H3,(H,23,25).